The molecule has 0 atom stereocenters. The van der Waals surface area contributed by atoms with Gasteiger partial charge in [0, 0.05) is 0 Å². The average Bonchev–Trinajstić information content (AvgIpc) is 2.27. The second-order valence-corrected chi connectivity index (χ2v) is 4.25. The fraction of sp³-hybridized carbons (Fsp3) is 0.143. The maximum atomic E-state index is 5.97. The Kier molecular flexibility index (Phi) is 5.19. The standard InChI is InChI=1S/C14H12Cl2/c1-11(2)14(16)9-8-13(15)10-12-6-4-3-5-7-12/h3-7,10H,1-2H3/b13-10+. The highest BCUT2D eigenvalue weighted by Gasteiger charge is 1.90. The van der Waals surface area contributed by atoms with Crippen molar-refractivity contribution in [3.8, 4) is 11.8 Å². The predicted molar refractivity (Wildman–Crippen MR) is 72.3 cm³/mol. The maximum absolute atomic E-state index is 5.97. The van der Waals surface area contributed by atoms with Crippen LogP contribution in [0.3, 0.4) is 0 Å². The zero-order valence-corrected chi connectivity index (χ0v) is 10.7. The van der Waals surface area contributed by atoms with Crippen molar-refractivity contribution in [3.05, 3.63) is 51.5 Å². The lowest BCUT2D eigenvalue weighted by atomic mass is 10.2. The third-order valence-corrected chi connectivity index (χ3v) is 2.50. The van der Waals surface area contributed by atoms with Crippen molar-refractivity contribution in [1.82, 2.24) is 0 Å². The van der Waals surface area contributed by atoms with Gasteiger partial charge in [0.15, 0.2) is 0 Å². The van der Waals surface area contributed by atoms with Gasteiger partial charge in [-0.2, -0.15) is 0 Å². The van der Waals surface area contributed by atoms with Gasteiger partial charge in [0.1, 0.15) is 0 Å². The molecule has 0 heterocycles. The normalized spacial score (nSPS) is 10.4. The van der Waals surface area contributed by atoms with Gasteiger partial charge < -0.3 is 0 Å². The fourth-order valence-electron chi connectivity index (χ4n) is 0.971. The predicted octanol–water partition coefficient (Wildman–Crippen LogP) is 4.80. The molecule has 1 aromatic carbocycles. The Labute approximate surface area is 107 Å². The van der Waals surface area contributed by atoms with Crippen LogP contribution < -0.4 is 0 Å². The highest BCUT2D eigenvalue weighted by Crippen LogP contribution is 2.11. The number of hydrogen-bond acceptors (Lipinski definition) is 0. The zero-order valence-electron chi connectivity index (χ0n) is 9.22. The molecule has 1 aromatic rings. The smallest absolute Gasteiger partial charge is 0.0745 e. The monoisotopic (exact) mass is 250 g/mol. The van der Waals surface area contributed by atoms with E-state index in [1.165, 1.54) is 0 Å². The summed E-state index contributed by atoms with van der Waals surface area (Å²) in [4.78, 5) is 0. The number of rotatable bonds is 1. The van der Waals surface area contributed by atoms with Crippen LogP contribution in [0.4, 0.5) is 0 Å². The molecule has 0 aliphatic carbocycles. The van der Waals surface area contributed by atoms with Gasteiger partial charge in [0.05, 0.1) is 10.1 Å². The van der Waals surface area contributed by atoms with Gasteiger partial charge in [-0.25, -0.2) is 0 Å². The van der Waals surface area contributed by atoms with Gasteiger partial charge in [-0.3, -0.25) is 0 Å². The van der Waals surface area contributed by atoms with Crippen LogP contribution in [0.25, 0.3) is 6.08 Å². The molecule has 16 heavy (non-hydrogen) atoms. The van der Waals surface area contributed by atoms with Crippen molar-refractivity contribution in [2.24, 2.45) is 0 Å². The first-order valence-corrected chi connectivity index (χ1v) is 5.62. The molecule has 0 aliphatic heterocycles. The Hall–Kier alpha value is -1.16. The SMILES string of the molecule is CC(C)=C(Cl)C#C/C(Cl)=C\c1ccccc1. The summed E-state index contributed by atoms with van der Waals surface area (Å²) in [6, 6.07) is 9.79. The first-order valence-electron chi connectivity index (χ1n) is 4.87. The molecular weight excluding hydrogens is 239 g/mol. The van der Waals surface area contributed by atoms with Crippen LogP contribution in [0.1, 0.15) is 19.4 Å². The van der Waals surface area contributed by atoms with Crippen LogP contribution in [0.2, 0.25) is 0 Å². The molecule has 82 valence electrons. The van der Waals surface area contributed by atoms with Crippen molar-refractivity contribution < 1.29 is 0 Å². The second-order valence-electron chi connectivity index (χ2n) is 3.47. The minimum absolute atomic E-state index is 0.477. The molecule has 0 amide bonds. The summed E-state index contributed by atoms with van der Waals surface area (Å²) in [5, 5.41) is 1.02. The van der Waals surface area contributed by atoms with Crippen LogP contribution in [0.5, 0.6) is 0 Å². The molecule has 0 saturated carbocycles. The highest BCUT2D eigenvalue weighted by atomic mass is 35.5. The Bertz CT molecular complexity index is 466. The molecular formula is C14H12Cl2. The van der Waals surface area contributed by atoms with Crippen LogP contribution >= 0.6 is 23.2 Å². The Morgan fingerprint density at radius 1 is 1.06 bits per heavy atom. The third kappa shape index (κ3) is 4.57. The van der Waals surface area contributed by atoms with E-state index in [1.807, 2.05) is 50.3 Å². The minimum Gasteiger partial charge on any atom is -0.0745 e. The van der Waals surface area contributed by atoms with E-state index >= 15 is 0 Å². The van der Waals surface area contributed by atoms with Gasteiger partial charge in [-0.15, -0.1) is 0 Å². The van der Waals surface area contributed by atoms with Gasteiger partial charge in [-0.05, 0) is 42.9 Å². The summed E-state index contributed by atoms with van der Waals surface area (Å²) in [6.07, 6.45) is 1.81. The van der Waals surface area contributed by atoms with Crippen LogP contribution in [-0.4, -0.2) is 0 Å². The van der Waals surface area contributed by atoms with Crippen molar-refractivity contribution >= 4 is 29.3 Å². The van der Waals surface area contributed by atoms with E-state index < -0.39 is 0 Å². The molecule has 0 radical (unpaired) electrons. The lowest BCUT2D eigenvalue weighted by Gasteiger charge is -1.91. The largest absolute Gasteiger partial charge is 0.0914 e. The number of halogens is 2. The third-order valence-electron chi connectivity index (χ3n) is 1.82. The van der Waals surface area contributed by atoms with E-state index in [-0.39, 0.29) is 0 Å². The molecule has 0 spiro atoms. The lowest BCUT2D eigenvalue weighted by Crippen LogP contribution is -1.73. The Morgan fingerprint density at radius 3 is 2.25 bits per heavy atom. The first kappa shape index (κ1) is 12.9. The van der Waals surface area contributed by atoms with Crippen molar-refractivity contribution in [3.63, 3.8) is 0 Å². The molecule has 0 nitrogen and oxygen atoms in total. The van der Waals surface area contributed by atoms with E-state index in [0.29, 0.717) is 10.1 Å². The summed E-state index contributed by atoms with van der Waals surface area (Å²) >= 11 is 11.9. The number of hydrogen-bond donors (Lipinski definition) is 0. The van der Waals surface area contributed by atoms with Crippen LogP contribution in [0, 0.1) is 11.8 Å². The van der Waals surface area contributed by atoms with Gasteiger partial charge in [0.25, 0.3) is 0 Å². The second kappa shape index (κ2) is 6.43. The highest BCUT2D eigenvalue weighted by molar-refractivity contribution is 6.35. The molecule has 0 unspecified atom stereocenters. The maximum Gasteiger partial charge on any atom is 0.0914 e. The summed E-state index contributed by atoms with van der Waals surface area (Å²) < 4.78 is 0. The molecule has 0 aliphatic rings. The van der Waals surface area contributed by atoms with Crippen LogP contribution in [-0.2, 0) is 0 Å². The zero-order chi connectivity index (χ0) is 12.0. The molecule has 0 fully saturated rings. The quantitative estimate of drug-likeness (QED) is 0.629. The fourth-order valence-corrected chi connectivity index (χ4v) is 1.19. The number of benzene rings is 1. The molecule has 0 aromatic heterocycles. The summed E-state index contributed by atoms with van der Waals surface area (Å²) in [5.41, 5.74) is 2.01. The van der Waals surface area contributed by atoms with Gasteiger partial charge >= 0.3 is 0 Å². The lowest BCUT2D eigenvalue weighted by molar-refractivity contribution is 1.39. The first-order chi connectivity index (χ1) is 7.59. The Balaban J connectivity index is 2.85. The van der Waals surface area contributed by atoms with Gasteiger partial charge in [0.2, 0.25) is 0 Å². The van der Waals surface area contributed by atoms with Crippen molar-refractivity contribution in [1.29, 1.82) is 0 Å². The molecule has 0 N–H and O–H groups in total. The molecule has 2 heteroatoms. The average molecular weight is 251 g/mol. The van der Waals surface area contributed by atoms with E-state index in [0.717, 1.165) is 11.1 Å². The van der Waals surface area contributed by atoms with E-state index in [1.54, 1.807) is 0 Å². The minimum atomic E-state index is 0.477. The summed E-state index contributed by atoms with van der Waals surface area (Å²) in [7, 11) is 0. The van der Waals surface area contributed by atoms with E-state index in [9.17, 15) is 0 Å². The van der Waals surface area contributed by atoms with Crippen LogP contribution in [0.15, 0.2) is 46.0 Å². The summed E-state index contributed by atoms with van der Waals surface area (Å²) in [6.45, 7) is 3.82. The van der Waals surface area contributed by atoms with E-state index in [2.05, 4.69) is 11.8 Å². The van der Waals surface area contributed by atoms with E-state index in [4.69, 9.17) is 23.2 Å². The summed E-state index contributed by atoms with van der Waals surface area (Å²) in [5.74, 6) is 5.60. The van der Waals surface area contributed by atoms with Crippen molar-refractivity contribution in [2.45, 2.75) is 13.8 Å². The number of allylic oxidation sites excluding steroid dienone is 3. The topological polar surface area (TPSA) is 0 Å². The molecule has 1 rings (SSSR count). The molecule has 0 saturated heterocycles. The molecule has 0 bridgehead atoms. The van der Waals surface area contributed by atoms with Crippen molar-refractivity contribution in [2.75, 3.05) is 0 Å². The Morgan fingerprint density at radius 2 is 1.69 bits per heavy atom. The van der Waals surface area contributed by atoms with Gasteiger partial charge in [-0.1, -0.05) is 53.5 Å².